The third-order valence-corrected chi connectivity index (χ3v) is 21.0. The molecule has 46 nitrogen and oxygen atoms in total. The fraction of sp³-hybridized carbons (Fsp3) is 0.530. The average Bonchev–Trinajstić information content (AvgIpc) is 0.800. The maximum atomic E-state index is 14.0. The van der Waals surface area contributed by atoms with Crippen LogP contribution in [0.5, 0.6) is 0 Å². The Hall–Kier alpha value is -12.9. The third-order valence-electron chi connectivity index (χ3n) is 21.0. The smallest absolute Gasteiger partial charge is 0.227 e. The van der Waals surface area contributed by atoms with Gasteiger partial charge >= 0.3 is 0 Å². The molecule has 1 aliphatic heterocycles. The minimum atomic E-state index is -1.44. The second-order valence-corrected chi connectivity index (χ2v) is 32.7. The Labute approximate surface area is 848 Å². The highest BCUT2D eigenvalue weighted by molar-refractivity contribution is 5.97. The summed E-state index contributed by atoms with van der Waals surface area (Å²) < 4.78 is 91.9. The molecule has 0 bridgehead atoms. The third kappa shape index (κ3) is 50.2. The van der Waals surface area contributed by atoms with Crippen LogP contribution in [0.3, 0.4) is 0 Å². The molecule has 0 spiro atoms. The number of aryl methyl sites for hydroxylation is 3. The fourth-order valence-electron chi connectivity index (χ4n) is 13.4. The molecule has 3 aromatic heterocycles. The van der Waals surface area contributed by atoms with E-state index in [2.05, 4.69) is 116 Å². The van der Waals surface area contributed by atoms with Crippen molar-refractivity contribution >= 4 is 58.9 Å². The van der Waals surface area contributed by atoms with Crippen LogP contribution >= 0.6 is 0 Å². The number of ether oxygens (including phenoxy) is 16. The molecule has 0 atom stereocenters. The van der Waals surface area contributed by atoms with Gasteiger partial charge in [-0.25, -0.2) is 0 Å². The number of hydrogen-bond acceptors (Lipinski definition) is 37. The van der Waals surface area contributed by atoms with Crippen LogP contribution in [0, 0.1) is 32.6 Å². The van der Waals surface area contributed by atoms with Gasteiger partial charge in [0.1, 0.15) is 5.54 Å². The van der Waals surface area contributed by atoms with Crippen LogP contribution in [0.2, 0.25) is 0 Å². The van der Waals surface area contributed by atoms with Crippen LogP contribution in [-0.4, -0.2) is 377 Å². The van der Waals surface area contributed by atoms with Crippen molar-refractivity contribution in [3.8, 4) is 46.0 Å². The Morgan fingerprint density at radius 3 is 0.842 bits per heavy atom. The van der Waals surface area contributed by atoms with Crippen LogP contribution in [-0.2, 0) is 145 Å². The summed E-state index contributed by atoms with van der Waals surface area (Å²) in [6, 6.07) is 37.0. The van der Waals surface area contributed by atoms with Gasteiger partial charge in [0.25, 0.3) is 0 Å². The van der Waals surface area contributed by atoms with Gasteiger partial charge in [-0.2, -0.15) is 0 Å². The van der Waals surface area contributed by atoms with Crippen molar-refractivity contribution in [3.05, 3.63) is 172 Å². The molecule has 8 aromatic rings. The lowest BCUT2D eigenvalue weighted by atomic mass is 10.0. The highest BCUT2D eigenvalue weighted by Gasteiger charge is 2.35. The Balaban J connectivity index is 0.660. The van der Waals surface area contributed by atoms with Crippen LogP contribution in [0.15, 0.2) is 121 Å². The molecule has 8 N–H and O–H groups in total. The number of para-hydroxylation sites is 1. The Morgan fingerprint density at radius 1 is 0.267 bits per heavy atom. The maximum Gasteiger partial charge on any atom is 0.227 e. The number of anilines is 1. The molecule has 0 saturated carbocycles. The van der Waals surface area contributed by atoms with E-state index in [0.29, 0.717) is 126 Å². The molecule has 790 valence electrons. The van der Waals surface area contributed by atoms with Gasteiger partial charge in [-0.3, -0.25) is 43.2 Å². The zero-order chi connectivity index (χ0) is 103. The number of nitrogens with zero attached hydrogens (tertiary/aromatic N) is 13. The maximum absolute atomic E-state index is 14.0. The summed E-state index contributed by atoms with van der Waals surface area (Å²) in [4.78, 5) is 119. The summed E-state index contributed by atoms with van der Waals surface area (Å²) in [7, 11) is 0. The normalized spacial score (nSPS) is 11.6. The molecule has 9 amide bonds. The molecule has 0 unspecified atom stereocenters. The van der Waals surface area contributed by atoms with Crippen LogP contribution in [0.4, 0.5) is 5.69 Å². The van der Waals surface area contributed by atoms with E-state index in [-0.39, 0.29) is 283 Å². The fourth-order valence-corrected chi connectivity index (χ4v) is 13.4. The molecular weight excluding hydrogens is 1900 g/mol. The number of aromatic nitrogens is 12. The van der Waals surface area contributed by atoms with Crippen molar-refractivity contribution in [3.63, 3.8) is 0 Å². The number of carbonyl (C=O) groups is 9. The van der Waals surface area contributed by atoms with Gasteiger partial charge in [0, 0.05) is 112 Å². The summed E-state index contributed by atoms with van der Waals surface area (Å²) in [5.74, 6) is 6.56. The first-order chi connectivity index (χ1) is 71.4. The zero-order valence-electron chi connectivity index (χ0n) is 83.2. The van der Waals surface area contributed by atoms with E-state index < -0.39 is 11.4 Å². The molecule has 9 rings (SSSR count). The molecule has 0 fully saturated rings. The second kappa shape index (κ2) is 71.6. The van der Waals surface area contributed by atoms with Gasteiger partial charge < -0.3 is 123 Å². The van der Waals surface area contributed by atoms with E-state index in [9.17, 15) is 43.2 Å². The van der Waals surface area contributed by atoms with E-state index in [0.717, 1.165) is 50.1 Å². The molecule has 46 heteroatoms. The average molecular weight is 2030 g/mol. The largest absolute Gasteiger partial charge is 0.379 e. The molecule has 0 radical (unpaired) electrons. The SMILES string of the molecule is Cc1nnc(-c2ccc(CC(=O)NCCOCCOCCOCCNC(=O)CCOCC(COCCC(=O)NCCOCCOCCOCCNC(=O)Cc3ccc(-c4nnc(C)nn4)cc3)(COCCC(=O)NCCOCCOCCOCCNC(=O)Cc3ccc(-c4nnc(C)nn4)cc3)NC(=O)CCOCCOCCOCCOCCNC(=O)CCC(=O)N3Cc4ccccc4C#Cc4ccccc43)cc2)nn1. The van der Waals surface area contributed by atoms with Crippen molar-refractivity contribution in [2.24, 2.45) is 0 Å². The van der Waals surface area contributed by atoms with Crippen molar-refractivity contribution in [1.82, 2.24) is 104 Å². The summed E-state index contributed by atoms with van der Waals surface area (Å²) in [5, 5.41) is 70.6. The summed E-state index contributed by atoms with van der Waals surface area (Å²) >= 11 is 0. The van der Waals surface area contributed by atoms with Gasteiger partial charge in [0.05, 0.1) is 243 Å². The van der Waals surface area contributed by atoms with E-state index >= 15 is 0 Å². The van der Waals surface area contributed by atoms with Gasteiger partial charge in [-0.05, 0) is 61.2 Å². The lowest BCUT2D eigenvalue weighted by Crippen LogP contribution is -2.59. The minimum Gasteiger partial charge on any atom is -0.379 e. The molecule has 1 aliphatic rings. The number of nitrogens with one attached hydrogen (secondary N) is 8. The van der Waals surface area contributed by atoms with E-state index in [4.69, 9.17) is 75.8 Å². The van der Waals surface area contributed by atoms with Crippen molar-refractivity contribution in [1.29, 1.82) is 0 Å². The summed E-state index contributed by atoms with van der Waals surface area (Å²) in [5.41, 5.74) is 6.43. The summed E-state index contributed by atoms with van der Waals surface area (Å²) in [6.07, 6.45) is 0.206. The minimum absolute atomic E-state index is 0.00625. The molecule has 0 aliphatic carbocycles. The lowest BCUT2D eigenvalue weighted by molar-refractivity contribution is -0.131. The van der Waals surface area contributed by atoms with Crippen molar-refractivity contribution in [2.75, 3.05) is 262 Å². The van der Waals surface area contributed by atoms with E-state index in [1.165, 1.54) is 0 Å². The van der Waals surface area contributed by atoms with Gasteiger partial charge in [0.2, 0.25) is 70.6 Å². The summed E-state index contributed by atoms with van der Waals surface area (Å²) in [6.45, 7) is 12.6. The van der Waals surface area contributed by atoms with Crippen LogP contribution < -0.4 is 47.4 Å². The molecule has 146 heavy (non-hydrogen) atoms. The molecule has 0 saturated heterocycles. The van der Waals surface area contributed by atoms with E-state index in [1.54, 1.807) is 25.7 Å². The standard InChI is InChI=1S/C100H135N21O25/c1-75-109-115-97(116-110-75)83-18-12-78(13-19-83)68-93(127)105-36-47-136-55-62-140-59-51-133-44-33-102-89(123)28-40-144-72-100(73-145-41-29-90(124)103-34-45-134-52-60-141-63-56-137-48-37-106-94(128)69-79-14-20-84(21-15-79)98-117-111-76(2)112-118-98,74-146-42-30-91(125)104-35-46-135-53-61-142-64-57-138-49-38-107-95(129)70-80-16-22-85(23-17-80)99-119-113-77(3)114-120-99)108-92(126)31-39-131-50-58-139-66-67-143-65-54-132-43-32-101-88(122)26-27-96(130)121-71-86-10-5-4-8-81(86)24-25-82-9-6-7-11-87(82)121/h4-23H,26-74H2,1-3H3,(H,101,122)(H,102,123)(H,103,124)(H,104,125)(H,105,127)(H,106,128)(H,107,129)(H,108,126). The predicted molar refractivity (Wildman–Crippen MR) is 527 cm³/mol. The van der Waals surface area contributed by atoms with Gasteiger partial charge in [0.15, 0.2) is 17.5 Å². The number of fused-ring (bicyclic) bond motifs is 2. The van der Waals surface area contributed by atoms with Crippen LogP contribution in [0.1, 0.15) is 89.4 Å². The quantitative estimate of drug-likeness (QED) is 0.0198. The number of carbonyl (C=O) groups excluding carboxylic acids is 9. The second-order valence-electron chi connectivity index (χ2n) is 32.7. The van der Waals surface area contributed by atoms with Crippen LogP contribution in [0.25, 0.3) is 34.2 Å². The first-order valence-electron chi connectivity index (χ1n) is 48.7. The molecule has 5 aromatic carbocycles. The van der Waals surface area contributed by atoms with Gasteiger partial charge in [-0.1, -0.05) is 115 Å². The van der Waals surface area contributed by atoms with Gasteiger partial charge in [-0.15, -0.1) is 61.2 Å². The molecular formula is C100H135N21O25. The highest BCUT2D eigenvalue weighted by Crippen LogP contribution is 2.27. The van der Waals surface area contributed by atoms with Crippen molar-refractivity contribution < 1.29 is 119 Å². The number of amides is 9. The molecule has 4 heterocycles. The number of rotatable bonds is 79. The number of hydrogen-bond donors (Lipinski definition) is 8. The Bertz CT molecular complexity index is 4840. The Morgan fingerprint density at radius 2 is 0.521 bits per heavy atom. The predicted octanol–water partition coefficient (Wildman–Crippen LogP) is 1.60. The lowest BCUT2D eigenvalue weighted by Gasteiger charge is -2.34. The van der Waals surface area contributed by atoms with Crippen molar-refractivity contribution in [2.45, 2.75) is 90.6 Å². The number of benzene rings is 5. The topological polar surface area (TPSA) is 555 Å². The zero-order valence-corrected chi connectivity index (χ0v) is 83.2. The Kier molecular flexibility index (Phi) is 57.2. The first kappa shape index (κ1) is 117. The van der Waals surface area contributed by atoms with E-state index in [1.807, 2.05) is 121 Å². The highest BCUT2D eigenvalue weighted by atomic mass is 16.6. The first-order valence-corrected chi connectivity index (χ1v) is 48.7. The monoisotopic (exact) mass is 2030 g/mol.